The number of hydrogen-bond donors (Lipinski definition) is 1. The number of benzene rings is 6. The number of hydrogen-bond acceptors (Lipinski definition) is 6. The van der Waals surface area contributed by atoms with Crippen LogP contribution in [0.25, 0.3) is 32.7 Å². The Morgan fingerprint density at radius 2 is 0.527 bits per heavy atom. The van der Waals surface area contributed by atoms with Gasteiger partial charge in [0.05, 0.1) is 37.6 Å². The Morgan fingerprint density at radius 3 is 0.818 bits per heavy atom. The van der Waals surface area contributed by atoms with Gasteiger partial charge in [-0.25, -0.2) is 4.89 Å². The molecule has 6 aromatic rings. The summed E-state index contributed by atoms with van der Waals surface area (Å²) in [5, 5.41) is 16.4. The molecule has 148 heavy (non-hydrogen) atoms. The van der Waals surface area contributed by atoms with Crippen LogP contribution < -0.4 is 0 Å². The Morgan fingerprint density at radius 1 is 0.277 bits per heavy atom. The lowest BCUT2D eigenvalue weighted by molar-refractivity contribution is -0.304. The van der Waals surface area contributed by atoms with E-state index in [0.717, 1.165) is 151 Å². The van der Waals surface area contributed by atoms with Crippen LogP contribution >= 0.6 is 0 Å². The van der Waals surface area contributed by atoms with Gasteiger partial charge in [0.15, 0.2) is 0 Å². The highest BCUT2D eigenvalue weighted by atomic mass is 17.1. The van der Waals surface area contributed by atoms with E-state index in [2.05, 4.69) is 168 Å². The predicted octanol–water partition coefficient (Wildman–Crippen LogP) is 45.4. The van der Waals surface area contributed by atoms with E-state index < -0.39 is 0 Å². The molecule has 7 atom stereocenters. The van der Waals surface area contributed by atoms with E-state index in [1.54, 1.807) is 30.4 Å². The summed E-state index contributed by atoms with van der Waals surface area (Å²) in [6.45, 7) is 15.8. The van der Waals surface area contributed by atoms with Gasteiger partial charge < -0.3 is 19.0 Å². The van der Waals surface area contributed by atoms with Crippen LogP contribution in [0.1, 0.15) is 545 Å². The summed E-state index contributed by atoms with van der Waals surface area (Å²) in [5.74, 6) is 20.2. The SMILES string of the molecule is C.C.C.C.C.C.C.C.C.C.C.C.C.C.C=O.CCCC1CCC(CC2CCC(CC3CCc4ccc5ccccc5c4-c4c(ccc5ccccc45)CC3)CC2)CC1.CCCC1CCC(CC2CCC(C[C@H]3CO[C@@H]4[C@H](CC5CCC(CC6CCC(CC)CC6)CC5)CO[C@H]34)CC2)CC1.CCCC1CCC(CC2CCC(O[C@H](c3ccccc3)[C@@H](c3ccccc3)C(OO)C3CCC(CC4CCC(CC)CC4)CC3)CC2)CC1. The molecule has 1 N–H and O–H groups in total. The standard InChI is InChI=1S/C46H70O3.C42H52.C39H68O2.CH2O.14CH4/c1-3-11-35-18-22-37(23-19-35)33-39-26-30-43(31-27-39)48-45(41-14-9-6-10-15-41)44(40-12-7-5-8-13-40)46(49-47)42-28-24-38(25-29-42)32-36-20-16-34(4-2)17-21-36;1-2-7-30-12-14-31(15-13-30)28-32-16-18-33(19-17-32)29-34-20-22-37-26-24-35-8-3-5-10-39(35)41(37)42-38(23-21-34)27-25-36-9-4-6-11-40(36)42;1-3-5-29-8-12-31(13-9-29)23-33-16-20-35(21-17-33)25-37-27-41-38-36(26-40-39(37)38)24-34-18-14-32(15-19-34)22-30-10-6-28(4-2)7-11-30;1-2;;;;;;;;;;;;;;/h5-10,12-15,34-39,42-47H,3-4,11,16-33H2,1-2H3;3-6,8-11,24-27,30-34H,2,7,12-23,28-29H2,1H3;28-39H,3-27H2,1-2H3;1H2;14*1H4/t34?,35?,36?,37?,38?,39?,42?,43?,44-,45-,46?;;28?,29?,30?,31?,32?,33?,34?,35?,36-,37+,38-,39-;;;;;;;;;;;;;;;/m1.1.............../s1. The third-order valence-corrected chi connectivity index (χ3v) is 40.0. The van der Waals surface area contributed by atoms with Crippen molar-refractivity contribution >= 4 is 28.3 Å². The second-order valence-corrected chi connectivity index (χ2v) is 48.8. The van der Waals surface area contributed by atoms with E-state index in [-0.39, 0.29) is 128 Å². The van der Waals surface area contributed by atoms with Gasteiger partial charge in [0.1, 0.15) is 12.9 Å². The minimum Gasteiger partial charge on any atom is -0.375 e. The Balaban J connectivity index is 0.000000713. The molecule has 0 spiro atoms. The normalized spacial score (nSPS) is 30.8. The van der Waals surface area contributed by atoms with Crippen LogP contribution in [0.5, 0.6) is 0 Å². The monoisotopic (exact) mass is 2050 g/mol. The average Bonchev–Trinajstić information content (AvgIpc) is 1.46. The van der Waals surface area contributed by atoms with Gasteiger partial charge in [0, 0.05) is 17.8 Å². The Hall–Kier alpha value is -4.69. The van der Waals surface area contributed by atoms with Crippen LogP contribution in [-0.2, 0) is 36.7 Å². The maximum absolute atomic E-state index is 10.8. The van der Waals surface area contributed by atoms with Crippen LogP contribution in [0.4, 0.5) is 0 Å². The third kappa shape index (κ3) is 39.2. The van der Waals surface area contributed by atoms with Crippen molar-refractivity contribution in [2.24, 2.45) is 130 Å². The highest BCUT2D eigenvalue weighted by Crippen LogP contribution is 2.53. The van der Waals surface area contributed by atoms with Crippen molar-refractivity contribution in [3.63, 3.8) is 0 Å². The van der Waals surface area contributed by atoms with Crippen LogP contribution in [0.15, 0.2) is 133 Å². The molecule has 19 rings (SSSR count). The summed E-state index contributed by atoms with van der Waals surface area (Å²) in [7, 11) is 0. The summed E-state index contributed by atoms with van der Waals surface area (Å²) in [6.07, 6.45) is 86.4. The molecule has 0 bridgehead atoms. The Kier molecular flexibility index (Phi) is 68.7. The quantitative estimate of drug-likeness (QED) is 0.0335. The zero-order valence-corrected chi connectivity index (χ0v) is 85.9. The first-order valence-corrected chi connectivity index (χ1v) is 58.6. The number of carbonyl (C=O) groups is 1. The van der Waals surface area contributed by atoms with Gasteiger partial charge in [-0.15, -0.1) is 0 Å². The Labute approximate surface area is 921 Å². The lowest BCUT2D eigenvalue weighted by Crippen LogP contribution is -2.38. The van der Waals surface area contributed by atoms with Crippen molar-refractivity contribution in [2.45, 2.75) is 560 Å². The summed E-state index contributed by atoms with van der Waals surface area (Å²) < 4.78 is 20.4. The van der Waals surface area contributed by atoms with Gasteiger partial charge in [-0.3, -0.25) is 5.26 Å². The van der Waals surface area contributed by atoms with Crippen molar-refractivity contribution in [2.75, 3.05) is 13.2 Å². The zero-order chi connectivity index (χ0) is 92.2. The summed E-state index contributed by atoms with van der Waals surface area (Å²) >= 11 is 0. The molecule has 2 saturated heterocycles. The van der Waals surface area contributed by atoms with Gasteiger partial charge in [-0.2, -0.15) is 0 Å². The number of rotatable bonds is 32. The molecule has 1 unspecified atom stereocenters. The van der Waals surface area contributed by atoms with Gasteiger partial charge in [0.25, 0.3) is 0 Å². The highest BCUT2D eigenvalue weighted by molar-refractivity contribution is 6.08. The van der Waals surface area contributed by atoms with E-state index in [9.17, 15) is 5.26 Å². The number of aryl methyl sites for hydroxylation is 2. The van der Waals surface area contributed by atoms with Gasteiger partial charge in [-0.05, 0) is 289 Å². The number of fused-ring (bicyclic) bond motifs is 8. The Bertz CT molecular complexity index is 4140. The molecule has 852 valence electrons. The predicted molar refractivity (Wildman–Crippen MR) is 659 cm³/mol. The molecule has 6 heteroatoms. The van der Waals surface area contributed by atoms with E-state index in [1.165, 1.54) is 384 Å². The fourth-order valence-electron chi connectivity index (χ4n) is 32.0. The van der Waals surface area contributed by atoms with Crippen LogP contribution in [0, 0.1) is 130 Å². The maximum atomic E-state index is 10.8. The second kappa shape index (κ2) is 73.0. The molecule has 0 radical (unpaired) electrons. The molecule has 0 aromatic heterocycles. The fourth-order valence-corrected chi connectivity index (χ4v) is 32.0. The molecule has 13 aliphatic rings. The highest BCUT2D eigenvalue weighted by Gasteiger charge is 2.50. The van der Waals surface area contributed by atoms with Crippen LogP contribution in [0.3, 0.4) is 0 Å². The summed E-state index contributed by atoms with van der Waals surface area (Å²) in [6, 6.07) is 49.6. The third-order valence-electron chi connectivity index (χ3n) is 40.0. The average molecular weight is 2050 g/mol. The van der Waals surface area contributed by atoms with Crippen molar-refractivity contribution < 1.29 is 29.1 Å². The molecule has 2 aliphatic heterocycles. The number of carbonyl (C=O) groups excluding carboxylic acids is 1. The van der Waals surface area contributed by atoms with E-state index in [1.807, 2.05) is 6.79 Å². The van der Waals surface area contributed by atoms with Gasteiger partial charge >= 0.3 is 0 Å². The lowest BCUT2D eigenvalue weighted by Gasteiger charge is -2.42. The maximum Gasteiger partial charge on any atom is 0.106 e. The van der Waals surface area contributed by atoms with E-state index >= 15 is 0 Å². The van der Waals surface area contributed by atoms with Crippen LogP contribution in [0.2, 0.25) is 0 Å². The second-order valence-electron chi connectivity index (χ2n) is 48.8. The molecular formula is C142H248O6. The smallest absolute Gasteiger partial charge is 0.106 e. The van der Waals surface area contributed by atoms with E-state index in [0.29, 0.717) is 30.0 Å². The molecule has 0 amide bonds. The van der Waals surface area contributed by atoms with E-state index in [4.69, 9.17) is 23.9 Å². The summed E-state index contributed by atoms with van der Waals surface area (Å²) in [4.78, 5) is 13.7. The number of ether oxygens (including phenoxy) is 3. The molecular weight excluding hydrogens is 1800 g/mol. The molecule has 12 fully saturated rings. The molecule has 6 aromatic carbocycles. The van der Waals surface area contributed by atoms with Crippen molar-refractivity contribution in [1.82, 2.24) is 0 Å². The molecule has 2 heterocycles. The first-order valence-electron chi connectivity index (χ1n) is 58.6. The first-order chi connectivity index (χ1) is 66.0. The van der Waals surface area contributed by atoms with Crippen LogP contribution in [-0.4, -0.2) is 49.7 Å². The van der Waals surface area contributed by atoms with Crippen molar-refractivity contribution in [3.8, 4) is 11.1 Å². The molecule has 10 saturated carbocycles. The van der Waals surface area contributed by atoms with Gasteiger partial charge in [-0.1, -0.05) is 542 Å². The minimum absolute atomic E-state index is 0. The molecule has 6 nitrogen and oxygen atoms in total. The lowest BCUT2D eigenvalue weighted by atomic mass is 9.69. The van der Waals surface area contributed by atoms with Crippen molar-refractivity contribution in [3.05, 3.63) is 156 Å². The zero-order valence-electron chi connectivity index (χ0n) is 85.9. The van der Waals surface area contributed by atoms with Gasteiger partial charge in [0.2, 0.25) is 0 Å². The molecule has 11 aliphatic carbocycles. The minimum atomic E-state index is -0.285. The largest absolute Gasteiger partial charge is 0.375 e. The summed E-state index contributed by atoms with van der Waals surface area (Å²) in [5.41, 5.74) is 8.60. The topological polar surface area (TPSA) is 74.2 Å². The van der Waals surface area contributed by atoms with Crippen molar-refractivity contribution in [1.29, 1.82) is 0 Å². The first kappa shape index (κ1) is 139. The fraction of sp³-hybridized carbons (Fsp3) is 0.768.